The molecule has 0 spiro atoms. The Morgan fingerprint density at radius 3 is 2.44 bits per heavy atom. The van der Waals surface area contributed by atoms with Crippen LogP contribution in [-0.2, 0) is 9.53 Å². The molecule has 0 radical (unpaired) electrons. The van der Waals surface area contributed by atoms with Crippen molar-refractivity contribution in [2.45, 2.75) is 40.2 Å². The van der Waals surface area contributed by atoms with Crippen molar-refractivity contribution in [1.82, 2.24) is 0 Å². The van der Waals surface area contributed by atoms with Crippen molar-refractivity contribution in [1.29, 1.82) is 0 Å². The maximum Gasteiger partial charge on any atom is 0.385 e. The van der Waals surface area contributed by atoms with Gasteiger partial charge in [0.1, 0.15) is 5.60 Å². The third-order valence-corrected chi connectivity index (χ3v) is 2.71. The van der Waals surface area contributed by atoms with Gasteiger partial charge in [0.25, 0.3) is 0 Å². The molecule has 0 bridgehead atoms. The molecule has 1 rings (SSSR count). The fourth-order valence-electron chi connectivity index (χ4n) is 1.18. The zero-order valence-electron chi connectivity index (χ0n) is 10.3. The molecule has 0 atom stereocenters. The first-order valence-corrected chi connectivity index (χ1v) is 5.91. The molecule has 0 aromatic carbocycles. The molecule has 1 aromatic rings. The Bertz CT molecular complexity index is 453. The molecule has 2 nitrogen and oxygen atoms in total. The normalized spacial score (nSPS) is 10.6. The van der Waals surface area contributed by atoms with Gasteiger partial charge in [-0.2, -0.15) is 0 Å². The Hall–Kier alpha value is -1.27. The smallest absolute Gasteiger partial charge is 0.385 e. The minimum atomic E-state index is -0.481. The van der Waals surface area contributed by atoms with E-state index >= 15 is 0 Å². The van der Waals surface area contributed by atoms with E-state index in [1.165, 1.54) is 4.88 Å². The summed E-state index contributed by atoms with van der Waals surface area (Å²) in [7, 11) is 0. The van der Waals surface area contributed by atoms with Gasteiger partial charge in [-0.25, -0.2) is 4.79 Å². The largest absolute Gasteiger partial charge is 0.450 e. The van der Waals surface area contributed by atoms with Crippen LogP contribution >= 0.6 is 11.3 Å². The number of carbonyl (C=O) groups excluding carboxylic acids is 1. The molecular formula is C13H16O2S. The number of rotatable bonds is 0. The molecule has 0 saturated heterocycles. The lowest BCUT2D eigenvalue weighted by atomic mass is 10.2. The highest BCUT2D eigenvalue weighted by Gasteiger charge is 2.14. The molecule has 16 heavy (non-hydrogen) atoms. The minimum Gasteiger partial charge on any atom is -0.450 e. The summed E-state index contributed by atoms with van der Waals surface area (Å²) in [5.41, 5.74) is 0.430. The molecule has 0 aliphatic rings. The lowest BCUT2D eigenvalue weighted by Gasteiger charge is -2.16. The van der Waals surface area contributed by atoms with Crippen molar-refractivity contribution < 1.29 is 9.53 Å². The molecule has 0 aliphatic heterocycles. The van der Waals surface area contributed by atoms with Gasteiger partial charge < -0.3 is 4.74 Å². The predicted octanol–water partition coefficient (Wildman–Crippen LogP) is 3.06. The molecule has 0 fully saturated rings. The zero-order chi connectivity index (χ0) is 12.3. The Kier molecular flexibility index (Phi) is 3.77. The number of hydrogen-bond acceptors (Lipinski definition) is 3. The van der Waals surface area contributed by atoms with Crippen LogP contribution in [0.25, 0.3) is 0 Å². The summed E-state index contributed by atoms with van der Waals surface area (Å²) in [6.07, 6.45) is 0. The summed E-state index contributed by atoms with van der Waals surface area (Å²) < 4.78 is 5.10. The lowest BCUT2D eigenvalue weighted by molar-refractivity contribution is -0.147. The van der Waals surface area contributed by atoms with Gasteiger partial charge >= 0.3 is 5.97 Å². The van der Waals surface area contributed by atoms with Gasteiger partial charge in [0.05, 0.1) is 0 Å². The summed E-state index contributed by atoms with van der Waals surface area (Å²) >= 11 is 1.68. The van der Waals surface area contributed by atoms with Gasteiger partial charge in [0, 0.05) is 21.2 Å². The first-order valence-electron chi connectivity index (χ1n) is 5.10. The number of ether oxygens (including phenoxy) is 1. The van der Waals surface area contributed by atoms with Crippen LogP contribution in [0.1, 0.15) is 36.1 Å². The maximum atomic E-state index is 11.4. The van der Waals surface area contributed by atoms with Crippen molar-refractivity contribution in [3.63, 3.8) is 0 Å². The van der Waals surface area contributed by atoms with E-state index in [9.17, 15) is 4.79 Å². The van der Waals surface area contributed by atoms with E-state index < -0.39 is 11.6 Å². The Morgan fingerprint density at radius 2 is 2.00 bits per heavy atom. The van der Waals surface area contributed by atoms with Crippen molar-refractivity contribution >= 4 is 17.3 Å². The van der Waals surface area contributed by atoms with E-state index in [0.29, 0.717) is 0 Å². The predicted molar refractivity (Wildman–Crippen MR) is 66.5 cm³/mol. The van der Waals surface area contributed by atoms with Gasteiger partial charge in [-0.05, 0) is 40.7 Å². The number of aryl methyl sites for hydroxylation is 2. The molecule has 3 heteroatoms. The van der Waals surface area contributed by atoms with Crippen LogP contribution in [0, 0.1) is 25.7 Å². The van der Waals surface area contributed by atoms with E-state index in [-0.39, 0.29) is 0 Å². The molecule has 1 heterocycles. The van der Waals surface area contributed by atoms with Crippen LogP contribution in [0.4, 0.5) is 0 Å². The van der Waals surface area contributed by atoms with E-state index in [4.69, 9.17) is 4.74 Å². The standard InChI is InChI=1S/C13H16O2S/c1-9-8-11(10(2)16-9)6-7-12(14)15-13(3,4)5/h8H,1-5H3. The van der Waals surface area contributed by atoms with Gasteiger partial charge in [0.2, 0.25) is 0 Å². The quantitative estimate of drug-likeness (QED) is 0.511. The van der Waals surface area contributed by atoms with Crippen LogP contribution in [0.15, 0.2) is 6.07 Å². The third kappa shape index (κ3) is 4.08. The molecule has 0 aliphatic carbocycles. The summed E-state index contributed by atoms with van der Waals surface area (Å²) in [4.78, 5) is 13.7. The minimum absolute atomic E-state index is 0.476. The highest BCUT2D eigenvalue weighted by molar-refractivity contribution is 7.12. The number of hydrogen-bond donors (Lipinski definition) is 0. The molecule has 1 aromatic heterocycles. The first kappa shape index (κ1) is 12.8. The fraction of sp³-hybridized carbons (Fsp3) is 0.462. The molecule has 0 unspecified atom stereocenters. The highest BCUT2D eigenvalue weighted by Crippen LogP contribution is 2.19. The second kappa shape index (κ2) is 4.71. The Balaban J connectivity index is 2.75. The number of carbonyl (C=O) groups is 1. The molecule has 0 N–H and O–H groups in total. The number of esters is 1. The van der Waals surface area contributed by atoms with Gasteiger partial charge in [0.15, 0.2) is 0 Å². The maximum absolute atomic E-state index is 11.4. The van der Waals surface area contributed by atoms with Gasteiger partial charge in [-0.15, -0.1) is 11.3 Å². The average Bonchev–Trinajstić information content (AvgIpc) is 2.38. The monoisotopic (exact) mass is 236 g/mol. The van der Waals surface area contributed by atoms with Crippen LogP contribution in [0.2, 0.25) is 0 Å². The van der Waals surface area contributed by atoms with Crippen LogP contribution in [-0.4, -0.2) is 11.6 Å². The topological polar surface area (TPSA) is 26.3 Å². The summed E-state index contributed by atoms with van der Waals surface area (Å²) in [5.74, 6) is 4.87. The third-order valence-electron chi connectivity index (χ3n) is 1.74. The van der Waals surface area contributed by atoms with Gasteiger partial charge in [-0.3, -0.25) is 0 Å². The molecule has 0 saturated carbocycles. The first-order chi connectivity index (χ1) is 7.28. The molecular weight excluding hydrogens is 220 g/mol. The highest BCUT2D eigenvalue weighted by atomic mass is 32.1. The summed E-state index contributed by atoms with van der Waals surface area (Å²) in [5, 5.41) is 0. The van der Waals surface area contributed by atoms with Crippen molar-refractivity contribution in [2.24, 2.45) is 0 Å². The summed E-state index contributed by atoms with van der Waals surface area (Å²) in [6.45, 7) is 9.50. The van der Waals surface area contributed by atoms with E-state index in [1.807, 2.05) is 40.7 Å². The van der Waals surface area contributed by atoms with Gasteiger partial charge in [-0.1, -0.05) is 5.92 Å². The van der Waals surface area contributed by atoms with Crippen LogP contribution in [0.5, 0.6) is 0 Å². The van der Waals surface area contributed by atoms with Crippen LogP contribution < -0.4 is 0 Å². The average molecular weight is 236 g/mol. The second-order valence-electron chi connectivity index (χ2n) is 4.58. The summed E-state index contributed by atoms with van der Waals surface area (Å²) in [6, 6.07) is 1.98. The zero-order valence-corrected chi connectivity index (χ0v) is 11.1. The van der Waals surface area contributed by atoms with E-state index in [2.05, 4.69) is 11.8 Å². The Morgan fingerprint density at radius 1 is 1.38 bits per heavy atom. The fourth-order valence-corrected chi connectivity index (χ4v) is 2.06. The lowest BCUT2D eigenvalue weighted by Crippen LogP contribution is -2.22. The van der Waals surface area contributed by atoms with Crippen LogP contribution in [0.3, 0.4) is 0 Å². The number of thiophene rings is 1. The van der Waals surface area contributed by atoms with E-state index in [1.54, 1.807) is 11.3 Å². The van der Waals surface area contributed by atoms with Crippen molar-refractivity contribution in [3.05, 3.63) is 21.4 Å². The van der Waals surface area contributed by atoms with Crippen molar-refractivity contribution in [3.8, 4) is 11.8 Å². The molecule has 0 amide bonds. The second-order valence-corrected chi connectivity index (χ2v) is 6.04. The van der Waals surface area contributed by atoms with Crippen molar-refractivity contribution in [2.75, 3.05) is 0 Å². The molecule has 86 valence electrons. The van der Waals surface area contributed by atoms with E-state index in [0.717, 1.165) is 10.4 Å². The Labute approximate surface area is 101 Å². The SMILES string of the molecule is Cc1cc(C#CC(=O)OC(C)(C)C)c(C)s1.